The smallest absolute Gasteiger partial charge is 0.156 e. The summed E-state index contributed by atoms with van der Waals surface area (Å²) in [6.45, 7) is 4.38. The first-order chi connectivity index (χ1) is 5.72. The highest BCUT2D eigenvalue weighted by atomic mass is 16.5. The Morgan fingerprint density at radius 2 is 2.58 bits per heavy atom. The van der Waals surface area contributed by atoms with Crippen molar-refractivity contribution in [2.75, 3.05) is 26.2 Å². The molecule has 0 aromatic heterocycles. The Hall–Kier alpha value is -0.630. The molecule has 1 fully saturated rings. The maximum atomic E-state index is 9.10. The van der Waals surface area contributed by atoms with E-state index in [1.54, 1.807) is 6.92 Å². The molecular weight excluding hydrogens is 156 g/mol. The van der Waals surface area contributed by atoms with Crippen LogP contribution in [0.5, 0.6) is 0 Å². The van der Waals surface area contributed by atoms with Crippen LogP contribution in [0.4, 0.5) is 0 Å². The second-order valence-electron chi connectivity index (χ2n) is 3.10. The number of aliphatic hydroxyl groups is 1. The number of β-amino-alcohol motifs (C(OH)–C–C–N with tert-alkyl or cyclic N) is 1. The van der Waals surface area contributed by atoms with E-state index in [0.29, 0.717) is 19.7 Å². The summed E-state index contributed by atoms with van der Waals surface area (Å²) in [7, 11) is 0. The normalized spacial score (nSPS) is 27.9. The Morgan fingerprint density at radius 1 is 1.83 bits per heavy atom. The van der Waals surface area contributed by atoms with E-state index in [2.05, 4.69) is 6.07 Å². The SMILES string of the molecule is C[C@@H](O)CN1CCOC(C#N)C1. The molecule has 4 heteroatoms. The lowest BCUT2D eigenvalue weighted by molar-refractivity contribution is -0.0133. The molecule has 1 aliphatic heterocycles. The quantitative estimate of drug-likeness (QED) is 0.612. The van der Waals surface area contributed by atoms with Crippen LogP contribution in [0.3, 0.4) is 0 Å². The second-order valence-corrected chi connectivity index (χ2v) is 3.10. The topological polar surface area (TPSA) is 56.5 Å². The molecule has 1 heterocycles. The standard InChI is InChI=1S/C8H14N2O2/c1-7(11)5-10-2-3-12-8(4-9)6-10/h7-8,11H,2-3,5-6H2,1H3/t7-,8?/m1/s1. The van der Waals surface area contributed by atoms with Gasteiger partial charge in [-0.25, -0.2) is 0 Å². The fourth-order valence-electron chi connectivity index (χ4n) is 1.32. The fraction of sp³-hybridized carbons (Fsp3) is 0.875. The van der Waals surface area contributed by atoms with Crippen molar-refractivity contribution < 1.29 is 9.84 Å². The van der Waals surface area contributed by atoms with Gasteiger partial charge in [0.15, 0.2) is 6.10 Å². The third kappa shape index (κ3) is 2.78. The Kier molecular flexibility index (Phi) is 3.48. The Bertz CT molecular complexity index is 176. The van der Waals surface area contributed by atoms with Crippen LogP contribution in [0.25, 0.3) is 0 Å². The van der Waals surface area contributed by atoms with E-state index >= 15 is 0 Å². The van der Waals surface area contributed by atoms with Crippen molar-refractivity contribution >= 4 is 0 Å². The van der Waals surface area contributed by atoms with E-state index in [4.69, 9.17) is 15.1 Å². The average Bonchev–Trinajstić information content (AvgIpc) is 2.03. The van der Waals surface area contributed by atoms with Crippen LogP contribution in [0, 0.1) is 11.3 Å². The first-order valence-electron chi connectivity index (χ1n) is 4.14. The molecule has 0 aromatic carbocycles. The summed E-state index contributed by atoms with van der Waals surface area (Å²) in [6.07, 6.45) is -0.653. The van der Waals surface area contributed by atoms with Gasteiger partial charge >= 0.3 is 0 Å². The number of nitrogens with zero attached hydrogens (tertiary/aromatic N) is 2. The highest BCUT2D eigenvalue weighted by Crippen LogP contribution is 2.04. The van der Waals surface area contributed by atoms with Gasteiger partial charge in [0.05, 0.1) is 18.8 Å². The van der Waals surface area contributed by atoms with Gasteiger partial charge in [-0.2, -0.15) is 5.26 Å². The molecule has 1 N–H and O–H groups in total. The van der Waals surface area contributed by atoms with Crippen LogP contribution in [0.2, 0.25) is 0 Å². The molecular formula is C8H14N2O2. The number of ether oxygens (including phenoxy) is 1. The van der Waals surface area contributed by atoms with Crippen molar-refractivity contribution in [2.24, 2.45) is 0 Å². The van der Waals surface area contributed by atoms with Crippen molar-refractivity contribution in [3.8, 4) is 6.07 Å². The zero-order chi connectivity index (χ0) is 8.97. The van der Waals surface area contributed by atoms with Gasteiger partial charge in [-0.3, -0.25) is 4.90 Å². The van der Waals surface area contributed by atoms with E-state index in [-0.39, 0.29) is 12.2 Å². The maximum absolute atomic E-state index is 9.10. The predicted octanol–water partition coefficient (Wildman–Crippen LogP) is -0.408. The molecule has 1 rings (SSSR count). The molecule has 1 unspecified atom stereocenters. The van der Waals surface area contributed by atoms with E-state index in [1.165, 1.54) is 0 Å². The lowest BCUT2D eigenvalue weighted by Crippen LogP contribution is -2.44. The Labute approximate surface area is 72.3 Å². The molecule has 12 heavy (non-hydrogen) atoms. The van der Waals surface area contributed by atoms with Gasteiger partial charge in [-0.05, 0) is 6.92 Å². The van der Waals surface area contributed by atoms with Crippen LogP contribution in [-0.2, 0) is 4.74 Å². The summed E-state index contributed by atoms with van der Waals surface area (Å²) in [5.41, 5.74) is 0. The lowest BCUT2D eigenvalue weighted by Gasteiger charge is -2.30. The number of hydrogen-bond donors (Lipinski definition) is 1. The maximum Gasteiger partial charge on any atom is 0.156 e. The van der Waals surface area contributed by atoms with Crippen molar-refractivity contribution in [1.82, 2.24) is 4.90 Å². The first-order valence-corrected chi connectivity index (χ1v) is 4.14. The van der Waals surface area contributed by atoms with E-state index in [1.807, 2.05) is 4.90 Å². The number of nitriles is 1. The highest BCUT2D eigenvalue weighted by molar-refractivity contribution is 4.89. The molecule has 0 aliphatic carbocycles. The number of hydrogen-bond acceptors (Lipinski definition) is 4. The number of morpholine rings is 1. The van der Waals surface area contributed by atoms with Crippen LogP contribution < -0.4 is 0 Å². The van der Waals surface area contributed by atoms with Gasteiger partial charge < -0.3 is 9.84 Å². The Morgan fingerprint density at radius 3 is 3.17 bits per heavy atom. The third-order valence-electron chi connectivity index (χ3n) is 1.82. The van der Waals surface area contributed by atoms with E-state index < -0.39 is 0 Å². The van der Waals surface area contributed by atoms with Gasteiger partial charge in [-0.1, -0.05) is 0 Å². The van der Waals surface area contributed by atoms with Gasteiger partial charge in [0.1, 0.15) is 0 Å². The average molecular weight is 170 g/mol. The molecule has 0 amide bonds. The molecule has 0 saturated carbocycles. The summed E-state index contributed by atoms with van der Waals surface area (Å²) < 4.78 is 5.15. The highest BCUT2D eigenvalue weighted by Gasteiger charge is 2.20. The summed E-state index contributed by atoms with van der Waals surface area (Å²) in [6, 6.07) is 2.06. The molecule has 2 atom stereocenters. The summed E-state index contributed by atoms with van der Waals surface area (Å²) >= 11 is 0. The third-order valence-corrected chi connectivity index (χ3v) is 1.82. The fourth-order valence-corrected chi connectivity index (χ4v) is 1.32. The molecule has 0 radical (unpaired) electrons. The van der Waals surface area contributed by atoms with Crippen molar-refractivity contribution in [2.45, 2.75) is 19.1 Å². The molecule has 0 aromatic rings. The zero-order valence-electron chi connectivity index (χ0n) is 7.23. The van der Waals surface area contributed by atoms with Crippen LogP contribution in [0.15, 0.2) is 0 Å². The minimum absolute atomic E-state index is 0.322. The summed E-state index contributed by atoms with van der Waals surface area (Å²) in [5, 5.41) is 17.7. The molecule has 1 saturated heterocycles. The molecule has 1 aliphatic rings. The van der Waals surface area contributed by atoms with Crippen molar-refractivity contribution in [3.63, 3.8) is 0 Å². The Balaban J connectivity index is 2.32. The largest absolute Gasteiger partial charge is 0.392 e. The van der Waals surface area contributed by atoms with Crippen LogP contribution in [-0.4, -0.2) is 48.5 Å². The van der Waals surface area contributed by atoms with Crippen LogP contribution >= 0.6 is 0 Å². The van der Waals surface area contributed by atoms with Crippen LogP contribution in [0.1, 0.15) is 6.92 Å². The minimum atomic E-state index is -0.331. The lowest BCUT2D eigenvalue weighted by atomic mass is 10.2. The van der Waals surface area contributed by atoms with Gasteiger partial charge in [0.2, 0.25) is 0 Å². The zero-order valence-corrected chi connectivity index (χ0v) is 7.23. The molecule has 0 bridgehead atoms. The molecule has 68 valence electrons. The monoisotopic (exact) mass is 170 g/mol. The van der Waals surface area contributed by atoms with Gasteiger partial charge in [0, 0.05) is 19.6 Å². The number of aliphatic hydroxyl groups excluding tert-OH is 1. The summed E-state index contributed by atoms with van der Waals surface area (Å²) in [4.78, 5) is 2.04. The van der Waals surface area contributed by atoms with Crippen molar-refractivity contribution in [1.29, 1.82) is 5.26 Å². The minimum Gasteiger partial charge on any atom is -0.392 e. The second kappa shape index (κ2) is 4.41. The first kappa shape index (κ1) is 9.46. The predicted molar refractivity (Wildman–Crippen MR) is 43.5 cm³/mol. The molecule has 4 nitrogen and oxygen atoms in total. The van der Waals surface area contributed by atoms with E-state index in [9.17, 15) is 0 Å². The van der Waals surface area contributed by atoms with E-state index in [0.717, 1.165) is 6.54 Å². The van der Waals surface area contributed by atoms with Gasteiger partial charge in [0.25, 0.3) is 0 Å². The molecule has 0 spiro atoms. The summed E-state index contributed by atoms with van der Waals surface area (Å²) in [5.74, 6) is 0. The van der Waals surface area contributed by atoms with Crippen molar-refractivity contribution in [3.05, 3.63) is 0 Å². The van der Waals surface area contributed by atoms with Gasteiger partial charge in [-0.15, -0.1) is 0 Å². The number of rotatable bonds is 2.